The maximum absolute atomic E-state index is 10.7. The first kappa shape index (κ1) is 18.6. The molecule has 7 nitrogen and oxygen atoms in total. The first-order valence-electron chi connectivity index (χ1n) is 9.85. The predicted octanol–water partition coefficient (Wildman–Crippen LogP) is 3.30. The summed E-state index contributed by atoms with van der Waals surface area (Å²) in [4.78, 5) is 14.3. The van der Waals surface area contributed by atoms with Gasteiger partial charge in [0.25, 0.3) is 0 Å². The highest BCUT2D eigenvalue weighted by Crippen LogP contribution is 2.51. The van der Waals surface area contributed by atoms with Crippen molar-refractivity contribution in [2.75, 3.05) is 35.2 Å². The smallest absolute Gasteiger partial charge is 0.131 e. The minimum absolute atomic E-state index is 0.177. The van der Waals surface area contributed by atoms with Crippen molar-refractivity contribution in [1.29, 1.82) is 0 Å². The molecule has 1 fully saturated rings. The van der Waals surface area contributed by atoms with Crippen LogP contribution >= 0.6 is 10.6 Å². The molecule has 2 aromatic heterocycles. The Balaban J connectivity index is 1.59. The molecule has 3 aromatic rings. The molecule has 8 heteroatoms. The lowest BCUT2D eigenvalue weighted by molar-refractivity contribution is 0.488. The Labute approximate surface area is 171 Å². The predicted molar refractivity (Wildman–Crippen MR) is 118 cm³/mol. The van der Waals surface area contributed by atoms with Gasteiger partial charge in [0.1, 0.15) is 5.82 Å². The second-order valence-corrected chi connectivity index (χ2v) is 9.97. The van der Waals surface area contributed by atoms with E-state index in [1.165, 1.54) is 0 Å². The van der Waals surface area contributed by atoms with Gasteiger partial charge in [-0.25, -0.2) is 4.98 Å². The second kappa shape index (κ2) is 7.14. The Morgan fingerprint density at radius 1 is 1.10 bits per heavy atom. The van der Waals surface area contributed by atoms with Gasteiger partial charge in [-0.05, 0) is 24.1 Å². The van der Waals surface area contributed by atoms with Crippen molar-refractivity contribution in [2.24, 2.45) is 5.73 Å². The lowest BCUT2D eigenvalue weighted by atomic mass is 10.2. The van der Waals surface area contributed by atoms with E-state index in [0.717, 1.165) is 47.5 Å². The van der Waals surface area contributed by atoms with Crippen LogP contribution in [0.2, 0.25) is 0 Å². The molecule has 1 aromatic carbocycles. The van der Waals surface area contributed by atoms with Crippen LogP contribution in [0, 0.1) is 0 Å². The van der Waals surface area contributed by atoms with Crippen LogP contribution in [0.25, 0.3) is 10.9 Å². The fraction of sp³-hybridized carbons (Fsp3) is 0.333. The van der Waals surface area contributed by atoms with Crippen LogP contribution in [-0.4, -0.2) is 50.5 Å². The molecule has 2 aliphatic heterocycles. The molecule has 4 N–H and O–H groups in total. The van der Waals surface area contributed by atoms with E-state index >= 15 is 0 Å². The molecule has 29 heavy (non-hydrogen) atoms. The van der Waals surface area contributed by atoms with Crippen LogP contribution in [0.3, 0.4) is 0 Å². The zero-order valence-corrected chi connectivity index (χ0v) is 16.9. The number of nitrogens with zero attached hydrogens (tertiary/aromatic N) is 4. The molecule has 2 aliphatic rings. The molecule has 0 spiro atoms. The Bertz CT molecular complexity index is 1060. The first-order valence-corrected chi connectivity index (χ1v) is 11.6. The summed E-state index contributed by atoms with van der Waals surface area (Å²) in [5.41, 5.74) is 9.07. The third kappa shape index (κ3) is 3.42. The van der Waals surface area contributed by atoms with Crippen molar-refractivity contribution < 1.29 is 9.11 Å². The van der Waals surface area contributed by atoms with Crippen LogP contribution in [0.4, 0.5) is 11.5 Å². The third-order valence-electron chi connectivity index (χ3n) is 5.80. The molecule has 1 unspecified atom stereocenters. The average molecular weight is 412 g/mol. The first-order chi connectivity index (χ1) is 14.0. The maximum Gasteiger partial charge on any atom is 0.131 e. The van der Waals surface area contributed by atoms with E-state index in [0.29, 0.717) is 23.7 Å². The van der Waals surface area contributed by atoms with Crippen molar-refractivity contribution >= 4 is 33.0 Å². The van der Waals surface area contributed by atoms with Gasteiger partial charge in [0, 0.05) is 56.1 Å². The fourth-order valence-electron chi connectivity index (χ4n) is 4.25. The zero-order valence-electron chi connectivity index (χ0n) is 16.1. The van der Waals surface area contributed by atoms with Crippen molar-refractivity contribution in [2.45, 2.75) is 23.9 Å². The maximum atomic E-state index is 10.7. The minimum atomic E-state index is -2.80. The summed E-state index contributed by atoms with van der Waals surface area (Å²) < 4.78 is 21.3. The van der Waals surface area contributed by atoms with Gasteiger partial charge < -0.3 is 15.5 Å². The number of aromatic nitrogens is 2. The summed E-state index contributed by atoms with van der Waals surface area (Å²) in [6.07, 6.45) is 4.59. The SMILES string of the molecule is NC1CCN(c2cc(N3CCS(O)(O)c4ccccc4C3)nc3ccncc23)C1. The summed E-state index contributed by atoms with van der Waals surface area (Å²) >= 11 is 0. The molecule has 1 atom stereocenters. The Morgan fingerprint density at radius 2 is 1.97 bits per heavy atom. The van der Waals surface area contributed by atoms with Gasteiger partial charge in [-0.2, -0.15) is 10.6 Å². The molecule has 5 rings (SSSR count). The van der Waals surface area contributed by atoms with E-state index in [1.807, 2.05) is 36.5 Å². The molecular formula is C21H25N5O2S. The van der Waals surface area contributed by atoms with Crippen LogP contribution in [0.1, 0.15) is 12.0 Å². The van der Waals surface area contributed by atoms with Gasteiger partial charge in [-0.3, -0.25) is 14.1 Å². The van der Waals surface area contributed by atoms with Gasteiger partial charge >= 0.3 is 0 Å². The summed E-state index contributed by atoms with van der Waals surface area (Å²) in [5, 5.41) is 1.02. The molecule has 0 saturated carbocycles. The van der Waals surface area contributed by atoms with E-state index in [-0.39, 0.29) is 6.04 Å². The van der Waals surface area contributed by atoms with E-state index < -0.39 is 10.6 Å². The fourth-order valence-corrected chi connectivity index (χ4v) is 5.79. The average Bonchev–Trinajstić information content (AvgIpc) is 3.10. The van der Waals surface area contributed by atoms with Crippen LogP contribution in [-0.2, 0) is 6.54 Å². The summed E-state index contributed by atoms with van der Waals surface area (Å²) in [7, 11) is -2.80. The van der Waals surface area contributed by atoms with Crippen LogP contribution in [0.15, 0.2) is 53.7 Å². The number of anilines is 2. The number of pyridine rings is 2. The van der Waals surface area contributed by atoms with Crippen molar-refractivity contribution in [1.82, 2.24) is 9.97 Å². The van der Waals surface area contributed by atoms with Gasteiger partial charge in [-0.15, -0.1) is 0 Å². The number of nitrogens with two attached hydrogens (primary N) is 1. The molecule has 0 aliphatic carbocycles. The molecule has 0 radical (unpaired) electrons. The quantitative estimate of drug-likeness (QED) is 0.595. The second-order valence-electron chi connectivity index (χ2n) is 7.79. The molecule has 0 bridgehead atoms. The summed E-state index contributed by atoms with van der Waals surface area (Å²) in [6, 6.07) is 11.8. The Hall–Kier alpha value is -2.39. The molecule has 1 saturated heterocycles. The number of fused-ring (bicyclic) bond motifs is 2. The zero-order chi connectivity index (χ0) is 20.0. The third-order valence-corrected chi connectivity index (χ3v) is 7.65. The highest BCUT2D eigenvalue weighted by molar-refractivity contribution is 8.24. The highest BCUT2D eigenvalue weighted by atomic mass is 32.3. The molecule has 4 heterocycles. The number of rotatable bonds is 2. The number of benzene rings is 1. The van der Waals surface area contributed by atoms with E-state index in [1.54, 1.807) is 6.20 Å². The minimum Gasteiger partial charge on any atom is -0.369 e. The van der Waals surface area contributed by atoms with Crippen molar-refractivity contribution in [3.05, 3.63) is 54.4 Å². The Kier molecular flexibility index (Phi) is 4.59. The monoisotopic (exact) mass is 411 g/mol. The van der Waals surface area contributed by atoms with Crippen LogP contribution in [0.5, 0.6) is 0 Å². The largest absolute Gasteiger partial charge is 0.369 e. The van der Waals surface area contributed by atoms with Crippen LogP contribution < -0.4 is 15.5 Å². The lowest BCUT2D eigenvalue weighted by Crippen LogP contribution is -2.28. The molecule has 0 amide bonds. The van der Waals surface area contributed by atoms with Gasteiger partial charge in [0.15, 0.2) is 0 Å². The van der Waals surface area contributed by atoms with E-state index in [9.17, 15) is 9.11 Å². The highest BCUT2D eigenvalue weighted by Gasteiger charge is 2.28. The number of hydrogen-bond acceptors (Lipinski definition) is 7. The van der Waals surface area contributed by atoms with Crippen molar-refractivity contribution in [3.63, 3.8) is 0 Å². The summed E-state index contributed by atoms with van der Waals surface area (Å²) in [6.45, 7) is 2.85. The van der Waals surface area contributed by atoms with Gasteiger partial charge in [0.05, 0.1) is 21.9 Å². The van der Waals surface area contributed by atoms with E-state index in [4.69, 9.17) is 10.7 Å². The van der Waals surface area contributed by atoms with Gasteiger partial charge in [0.2, 0.25) is 0 Å². The molecule has 152 valence electrons. The topological polar surface area (TPSA) is 98.7 Å². The lowest BCUT2D eigenvalue weighted by Gasteiger charge is -2.32. The summed E-state index contributed by atoms with van der Waals surface area (Å²) in [5.74, 6) is 1.13. The van der Waals surface area contributed by atoms with E-state index in [2.05, 4.69) is 20.9 Å². The molecular weight excluding hydrogens is 386 g/mol. The normalized spacial score (nSPS) is 22.4. The standard InChI is InChI=1S/C21H25N5O2S/c22-16-6-8-25(14-16)19-11-21(24-18-5-7-23-12-17(18)19)26-9-10-29(27,28)20-4-2-1-3-15(20)13-26/h1-5,7,11-12,16,27-28H,6,8-10,13-14,22H2. The Morgan fingerprint density at radius 3 is 2.79 bits per heavy atom. The number of hydrogen-bond donors (Lipinski definition) is 3. The van der Waals surface area contributed by atoms with Gasteiger partial charge in [-0.1, -0.05) is 18.2 Å². The van der Waals surface area contributed by atoms with Crippen molar-refractivity contribution in [3.8, 4) is 0 Å².